The van der Waals surface area contributed by atoms with E-state index in [2.05, 4.69) is 28.6 Å². The van der Waals surface area contributed by atoms with Crippen molar-refractivity contribution in [3.05, 3.63) is 59.3 Å². The first-order chi connectivity index (χ1) is 10.6. The van der Waals surface area contributed by atoms with Crippen molar-refractivity contribution >= 4 is 48.9 Å². The van der Waals surface area contributed by atoms with E-state index in [1.807, 2.05) is 43.4 Å². The molecule has 3 N–H and O–H groups in total. The molecule has 0 saturated heterocycles. The number of hydrazine groups is 1. The number of aryl methyl sites for hydroxylation is 2. The Morgan fingerprint density at radius 2 is 1.48 bits per heavy atom. The van der Waals surface area contributed by atoms with Crippen LogP contribution in [0.15, 0.2) is 42.6 Å². The molecule has 0 spiro atoms. The quantitative estimate of drug-likeness (QED) is 0.439. The standard InChI is InChI=1S/C17H22N4O.3ClH/c1-21(2)16-10-9-15(12-19-16)8-5-13-3-6-14(7-4-13)11-17(22)20-18;;;/h3-4,6-7,9-10,12H,5,8,11,18H2,1-2H3,(H,20,22);3*1H. The molecular formula is C17H25Cl3N4O. The lowest BCUT2D eigenvalue weighted by Crippen LogP contribution is -2.31. The van der Waals surface area contributed by atoms with E-state index < -0.39 is 0 Å². The van der Waals surface area contributed by atoms with Gasteiger partial charge in [0.1, 0.15) is 5.82 Å². The number of rotatable bonds is 6. The fourth-order valence-corrected chi connectivity index (χ4v) is 2.18. The highest BCUT2D eigenvalue weighted by Crippen LogP contribution is 2.12. The molecule has 2 aromatic rings. The molecule has 0 aliphatic rings. The van der Waals surface area contributed by atoms with Crippen molar-refractivity contribution in [2.45, 2.75) is 19.3 Å². The van der Waals surface area contributed by atoms with Crippen LogP contribution in [0, 0.1) is 0 Å². The van der Waals surface area contributed by atoms with Gasteiger partial charge in [-0.3, -0.25) is 10.2 Å². The van der Waals surface area contributed by atoms with Crippen molar-refractivity contribution < 1.29 is 4.79 Å². The van der Waals surface area contributed by atoms with Crippen molar-refractivity contribution in [3.8, 4) is 0 Å². The Kier molecular flexibility index (Phi) is 13.1. The van der Waals surface area contributed by atoms with Crippen molar-refractivity contribution in [3.63, 3.8) is 0 Å². The summed E-state index contributed by atoms with van der Waals surface area (Å²) in [4.78, 5) is 17.6. The van der Waals surface area contributed by atoms with Gasteiger partial charge in [0, 0.05) is 20.3 Å². The predicted octanol–water partition coefficient (Wildman–Crippen LogP) is 2.73. The van der Waals surface area contributed by atoms with E-state index in [4.69, 9.17) is 5.84 Å². The van der Waals surface area contributed by atoms with Gasteiger partial charge < -0.3 is 4.90 Å². The SMILES string of the molecule is CN(C)c1ccc(CCc2ccc(CC(=O)NN)cc2)cn1.Cl.Cl.Cl. The zero-order chi connectivity index (χ0) is 15.9. The van der Waals surface area contributed by atoms with Crippen LogP contribution in [0.2, 0.25) is 0 Å². The molecule has 0 fully saturated rings. The molecule has 0 bridgehead atoms. The Bertz CT molecular complexity index is 619. The van der Waals surface area contributed by atoms with E-state index in [9.17, 15) is 4.79 Å². The molecule has 25 heavy (non-hydrogen) atoms. The van der Waals surface area contributed by atoms with Crippen molar-refractivity contribution in [1.82, 2.24) is 10.4 Å². The molecule has 0 aliphatic heterocycles. The zero-order valence-electron chi connectivity index (χ0n) is 14.3. The molecule has 140 valence electrons. The van der Waals surface area contributed by atoms with Gasteiger partial charge in [-0.05, 0) is 35.6 Å². The predicted molar refractivity (Wildman–Crippen MR) is 110 cm³/mol. The highest BCUT2D eigenvalue weighted by atomic mass is 35.5. The second-order valence-electron chi connectivity index (χ2n) is 5.48. The molecule has 1 heterocycles. The van der Waals surface area contributed by atoms with Crippen LogP contribution in [-0.2, 0) is 24.1 Å². The minimum atomic E-state index is -0.181. The smallest absolute Gasteiger partial charge is 0.238 e. The third-order valence-corrected chi connectivity index (χ3v) is 3.52. The Morgan fingerprint density at radius 1 is 0.960 bits per heavy atom. The summed E-state index contributed by atoms with van der Waals surface area (Å²) in [6, 6.07) is 12.2. The van der Waals surface area contributed by atoms with Gasteiger partial charge in [0.05, 0.1) is 6.42 Å². The number of hydrogen-bond donors (Lipinski definition) is 2. The van der Waals surface area contributed by atoms with Crippen LogP contribution < -0.4 is 16.2 Å². The number of hydrogen-bond acceptors (Lipinski definition) is 4. The molecule has 1 aromatic carbocycles. The summed E-state index contributed by atoms with van der Waals surface area (Å²) in [6.45, 7) is 0. The maximum atomic E-state index is 11.2. The lowest BCUT2D eigenvalue weighted by atomic mass is 10.0. The number of aromatic nitrogens is 1. The monoisotopic (exact) mass is 406 g/mol. The molecule has 5 nitrogen and oxygen atoms in total. The summed E-state index contributed by atoms with van der Waals surface area (Å²) in [5.74, 6) is 5.87. The fourth-order valence-electron chi connectivity index (χ4n) is 2.18. The molecule has 2 rings (SSSR count). The zero-order valence-corrected chi connectivity index (χ0v) is 16.7. The summed E-state index contributed by atoms with van der Waals surface area (Å²) < 4.78 is 0. The van der Waals surface area contributed by atoms with Gasteiger partial charge >= 0.3 is 0 Å². The fraction of sp³-hybridized carbons (Fsp3) is 0.294. The van der Waals surface area contributed by atoms with Gasteiger partial charge in [-0.15, -0.1) is 37.2 Å². The van der Waals surface area contributed by atoms with Gasteiger partial charge in [-0.2, -0.15) is 0 Å². The Labute approximate surface area is 167 Å². The van der Waals surface area contributed by atoms with Crippen LogP contribution in [0.4, 0.5) is 5.82 Å². The summed E-state index contributed by atoms with van der Waals surface area (Å²) in [6.07, 6.45) is 4.14. The number of halogens is 3. The maximum absolute atomic E-state index is 11.2. The Hall–Kier alpha value is -1.53. The van der Waals surface area contributed by atoms with Gasteiger partial charge in [-0.25, -0.2) is 10.8 Å². The number of amides is 1. The van der Waals surface area contributed by atoms with Crippen LogP contribution in [0.1, 0.15) is 16.7 Å². The molecule has 0 unspecified atom stereocenters. The first kappa shape index (κ1) is 25.7. The van der Waals surface area contributed by atoms with Crippen LogP contribution >= 0.6 is 37.2 Å². The topological polar surface area (TPSA) is 71.2 Å². The largest absolute Gasteiger partial charge is 0.363 e. The molecule has 0 atom stereocenters. The first-order valence-corrected chi connectivity index (χ1v) is 7.28. The number of pyridine rings is 1. The second kappa shape index (κ2) is 12.8. The van der Waals surface area contributed by atoms with Gasteiger partial charge in [-0.1, -0.05) is 30.3 Å². The van der Waals surface area contributed by atoms with E-state index >= 15 is 0 Å². The molecule has 0 aliphatic carbocycles. The molecule has 1 aromatic heterocycles. The lowest BCUT2D eigenvalue weighted by Gasteiger charge is -2.11. The van der Waals surface area contributed by atoms with Crippen LogP contribution in [0.3, 0.4) is 0 Å². The third kappa shape index (κ3) is 8.40. The summed E-state index contributed by atoms with van der Waals surface area (Å²) >= 11 is 0. The van der Waals surface area contributed by atoms with E-state index in [0.717, 1.165) is 24.2 Å². The number of carbonyl (C=O) groups is 1. The summed E-state index contributed by atoms with van der Waals surface area (Å²) in [5.41, 5.74) is 5.56. The maximum Gasteiger partial charge on any atom is 0.238 e. The van der Waals surface area contributed by atoms with Crippen LogP contribution in [0.5, 0.6) is 0 Å². The van der Waals surface area contributed by atoms with Crippen LogP contribution in [-0.4, -0.2) is 25.0 Å². The number of carbonyl (C=O) groups excluding carboxylic acids is 1. The van der Waals surface area contributed by atoms with Crippen molar-refractivity contribution in [2.24, 2.45) is 5.84 Å². The summed E-state index contributed by atoms with van der Waals surface area (Å²) in [5, 5.41) is 0. The molecule has 0 saturated carbocycles. The number of nitrogens with zero attached hydrogens (tertiary/aromatic N) is 2. The average molecular weight is 408 g/mol. The highest BCUT2D eigenvalue weighted by molar-refractivity contribution is 5.86. The normalized spacial score (nSPS) is 9.08. The first-order valence-electron chi connectivity index (χ1n) is 7.28. The van der Waals surface area contributed by atoms with E-state index in [0.29, 0.717) is 6.42 Å². The van der Waals surface area contributed by atoms with Gasteiger partial charge in [0.15, 0.2) is 0 Å². The highest BCUT2D eigenvalue weighted by Gasteiger charge is 2.02. The van der Waals surface area contributed by atoms with E-state index in [1.165, 1.54) is 11.1 Å². The molecule has 8 heteroatoms. The van der Waals surface area contributed by atoms with Gasteiger partial charge in [0.2, 0.25) is 5.91 Å². The second-order valence-corrected chi connectivity index (χ2v) is 5.48. The molecular weight excluding hydrogens is 383 g/mol. The van der Waals surface area contributed by atoms with Crippen molar-refractivity contribution in [2.75, 3.05) is 19.0 Å². The number of nitrogens with one attached hydrogen (secondary N) is 1. The Morgan fingerprint density at radius 3 is 1.96 bits per heavy atom. The number of nitrogens with two attached hydrogens (primary N) is 1. The number of benzene rings is 1. The molecule has 0 radical (unpaired) electrons. The molecule has 1 amide bonds. The average Bonchev–Trinajstić information content (AvgIpc) is 2.54. The third-order valence-electron chi connectivity index (χ3n) is 3.52. The van der Waals surface area contributed by atoms with Crippen molar-refractivity contribution in [1.29, 1.82) is 0 Å². The number of anilines is 1. The minimum absolute atomic E-state index is 0. The van der Waals surface area contributed by atoms with Crippen LogP contribution in [0.25, 0.3) is 0 Å². The van der Waals surface area contributed by atoms with E-state index in [-0.39, 0.29) is 43.1 Å². The Balaban J connectivity index is 0. The van der Waals surface area contributed by atoms with Gasteiger partial charge in [0.25, 0.3) is 0 Å². The van der Waals surface area contributed by atoms with E-state index in [1.54, 1.807) is 0 Å². The minimum Gasteiger partial charge on any atom is -0.363 e. The summed E-state index contributed by atoms with van der Waals surface area (Å²) in [7, 11) is 3.96. The lowest BCUT2D eigenvalue weighted by molar-refractivity contribution is -0.120.